The average molecular weight is 286 g/mol. The summed E-state index contributed by atoms with van der Waals surface area (Å²) >= 11 is 0. The number of rotatable bonds is 4. The Hall–Kier alpha value is -1.96. The number of amides is 1. The van der Waals surface area contributed by atoms with E-state index in [2.05, 4.69) is 4.72 Å². The second kappa shape index (κ2) is 5.35. The van der Waals surface area contributed by atoms with Gasteiger partial charge in [-0.25, -0.2) is 4.79 Å². The Morgan fingerprint density at radius 2 is 2.00 bits per heavy atom. The summed E-state index contributed by atoms with van der Waals surface area (Å²) in [5, 5.41) is 0. The molecule has 8 heteroatoms. The Bertz CT molecular complexity index is 555. The van der Waals surface area contributed by atoms with E-state index in [1.807, 2.05) is 0 Å². The molecule has 0 atom stereocenters. The lowest BCUT2D eigenvalue weighted by Crippen LogP contribution is -2.44. The van der Waals surface area contributed by atoms with Crippen LogP contribution >= 0.6 is 0 Å². The first-order valence-electron chi connectivity index (χ1n) is 5.64. The van der Waals surface area contributed by atoms with Crippen molar-refractivity contribution >= 4 is 22.0 Å². The number of benzene rings is 1. The van der Waals surface area contributed by atoms with Gasteiger partial charge >= 0.3 is 16.3 Å². The van der Waals surface area contributed by atoms with E-state index >= 15 is 0 Å². The van der Waals surface area contributed by atoms with Gasteiger partial charge in [0.25, 0.3) is 0 Å². The molecule has 0 radical (unpaired) electrons. The summed E-state index contributed by atoms with van der Waals surface area (Å²) in [6.45, 7) is 0.359. The normalized spacial score (nSPS) is 15.8. The number of methoxy groups -OCH3 is 1. The Balaban J connectivity index is 2.13. The van der Waals surface area contributed by atoms with E-state index in [1.54, 1.807) is 24.3 Å². The summed E-state index contributed by atoms with van der Waals surface area (Å²) in [6, 6.07) is 6.33. The van der Waals surface area contributed by atoms with Crippen molar-refractivity contribution in [3.63, 3.8) is 0 Å². The van der Waals surface area contributed by atoms with Crippen LogP contribution in [0.1, 0.15) is 6.42 Å². The Kier molecular flexibility index (Phi) is 3.79. The summed E-state index contributed by atoms with van der Waals surface area (Å²) in [5.41, 5.74) is 0.346. The van der Waals surface area contributed by atoms with Crippen LogP contribution in [0.25, 0.3) is 0 Å². The van der Waals surface area contributed by atoms with Crippen molar-refractivity contribution in [2.45, 2.75) is 6.42 Å². The molecule has 1 amide bonds. The molecule has 0 aliphatic carbocycles. The first-order valence-corrected chi connectivity index (χ1v) is 7.08. The molecule has 19 heavy (non-hydrogen) atoms. The third-order valence-electron chi connectivity index (χ3n) is 2.56. The monoisotopic (exact) mass is 286 g/mol. The summed E-state index contributed by atoms with van der Waals surface area (Å²) < 4.78 is 36.7. The van der Waals surface area contributed by atoms with Gasteiger partial charge in [0, 0.05) is 13.0 Å². The fourth-order valence-electron chi connectivity index (χ4n) is 1.61. The summed E-state index contributed by atoms with van der Waals surface area (Å²) in [6.07, 6.45) is -0.373. The Morgan fingerprint density at radius 1 is 1.32 bits per heavy atom. The molecule has 1 aromatic rings. The second-order valence-electron chi connectivity index (χ2n) is 3.88. The first-order chi connectivity index (χ1) is 9.03. The van der Waals surface area contributed by atoms with E-state index < -0.39 is 16.3 Å². The predicted molar refractivity (Wildman–Crippen MR) is 68.2 cm³/mol. The van der Waals surface area contributed by atoms with Crippen LogP contribution in [0, 0.1) is 0 Å². The van der Waals surface area contributed by atoms with Crippen molar-refractivity contribution in [2.24, 2.45) is 0 Å². The molecule has 0 bridgehead atoms. The van der Waals surface area contributed by atoms with Crippen LogP contribution in [-0.4, -0.2) is 39.1 Å². The topological polar surface area (TPSA) is 84.9 Å². The van der Waals surface area contributed by atoms with E-state index in [1.165, 1.54) is 7.11 Å². The SMILES string of the molecule is COc1ccc(NS(=O)(=O)N2CCCOC2=O)cc1. The van der Waals surface area contributed by atoms with Crippen LogP contribution in [0.15, 0.2) is 24.3 Å². The number of anilines is 1. The quantitative estimate of drug-likeness (QED) is 0.898. The molecular weight excluding hydrogens is 272 g/mol. The Labute approximate surface area is 111 Å². The number of nitrogens with one attached hydrogen (secondary N) is 1. The van der Waals surface area contributed by atoms with Gasteiger partial charge in [0.1, 0.15) is 5.75 Å². The van der Waals surface area contributed by atoms with Crippen molar-refractivity contribution in [1.82, 2.24) is 4.31 Å². The van der Waals surface area contributed by atoms with Crippen molar-refractivity contribution in [3.8, 4) is 5.75 Å². The van der Waals surface area contributed by atoms with Crippen LogP contribution < -0.4 is 9.46 Å². The largest absolute Gasteiger partial charge is 0.497 e. The van der Waals surface area contributed by atoms with Crippen molar-refractivity contribution in [3.05, 3.63) is 24.3 Å². The lowest BCUT2D eigenvalue weighted by atomic mass is 10.3. The van der Waals surface area contributed by atoms with E-state index in [-0.39, 0.29) is 13.2 Å². The maximum atomic E-state index is 12.0. The number of hydrogen-bond donors (Lipinski definition) is 1. The fraction of sp³-hybridized carbons (Fsp3) is 0.364. The second-order valence-corrected chi connectivity index (χ2v) is 5.47. The number of carbonyl (C=O) groups excluding carboxylic acids is 1. The van der Waals surface area contributed by atoms with Crippen LogP contribution in [0.4, 0.5) is 10.5 Å². The van der Waals surface area contributed by atoms with Crippen LogP contribution in [0.5, 0.6) is 5.75 Å². The highest BCUT2D eigenvalue weighted by molar-refractivity contribution is 7.90. The van der Waals surface area contributed by atoms with Gasteiger partial charge in [-0.05, 0) is 24.3 Å². The van der Waals surface area contributed by atoms with E-state index in [4.69, 9.17) is 9.47 Å². The Morgan fingerprint density at radius 3 is 2.58 bits per heavy atom. The van der Waals surface area contributed by atoms with Gasteiger partial charge in [0.05, 0.1) is 19.4 Å². The molecule has 0 aromatic heterocycles. The number of ether oxygens (including phenoxy) is 2. The van der Waals surface area contributed by atoms with Gasteiger partial charge < -0.3 is 9.47 Å². The molecule has 7 nitrogen and oxygen atoms in total. The molecule has 1 aromatic carbocycles. The lowest BCUT2D eigenvalue weighted by Gasteiger charge is -2.25. The zero-order valence-electron chi connectivity index (χ0n) is 10.3. The smallest absolute Gasteiger partial charge is 0.424 e. The number of cyclic esters (lactones) is 1. The lowest BCUT2D eigenvalue weighted by molar-refractivity contribution is 0.101. The molecule has 1 saturated heterocycles. The summed E-state index contributed by atoms with van der Waals surface area (Å²) in [4.78, 5) is 11.4. The minimum Gasteiger partial charge on any atom is -0.497 e. The van der Waals surface area contributed by atoms with Gasteiger partial charge in [0.2, 0.25) is 0 Å². The zero-order chi connectivity index (χ0) is 13.9. The van der Waals surface area contributed by atoms with Crippen molar-refractivity contribution in [1.29, 1.82) is 0 Å². The van der Waals surface area contributed by atoms with E-state index in [0.717, 1.165) is 0 Å². The van der Waals surface area contributed by atoms with Gasteiger partial charge in [-0.15, -0.1) is 0 Å². The minimum atomic E-state index is -3.94. The molecule has 0 saturated carbocycles. The van der Waals surface area contributed by atoms with Crippen molar-refractivity contribution in [2.75, 3.05) is 25.0 Å². The molecule has 1 N–H and O–H groups in total. The first kappa shape index (κ1) is 13.5. The van der Waals surface area contributed by atoms with Gasteiger partial charge in [-0.2, -0.15) is 12.7 Å². The van der Waals surface area contributed by atoms with E-state index in [9.17, 15) is 13.2 Å². The van der Waals surface area contributed by atoms with E-state index in [0.29, 0.717) is 22.2 Å². The highest BCUT2D eigenvalue weighted by Crippen LogP contribution is 2.18. The highest BCUT2D eigenvalue weighted by atomic mass is 32.2. The summed E-state index contributed by atoms with van der Waals surface area (Å²) in [7, 11) is -2.42. The average Bonchev–Trinajstić information content (AvgIpc) is 2.39. The fourth-order valence-corrected chi connectivity index (χ4v) is 2.77. The highest BCUT2D eigenvalue weighted by Gasteiger charge is 2.31. The van der Waals surface area contributed by atoms with Crippen LogP contribution in [0.2, 0.25) is 0 Å². The van der Waals surface area contributed by atoms with Crippen molar-refractivity contribution < 1.29 is 22.7 Å². The van der Waals surface area contributed by atoms with Gasteiger partial charge in [-0.1, -0.05) is 0 Å². The molecule has 0 unspecified atom stereocenters. The predicted octanol–water partition coefficient (Wildman–Crippen LogP) is 1.19. The molecule has 1 aliphatic heterocycles. The van der Waals surface area contributed by atoms with Gasteiger partial charge in [0.15, 0.2) is 0 Å². The van der Waals surface area contributed by atoms with Crippen LogP contribution in [-0.2, 0) is 14.9 Å². The maximum absolute atomic E-state index is 12.0. The molecule has 0 spiro atoms. The third-order valence-corrected chi connectivity index (χ3v) is 3.97. The third kappa shape index (κ3) is 3.08. The standard InChI is InChI=1S/C11H14N2O5S/c1-17-10-5-3-9(4-6-10)12-19(15,16)13-7-2-8-18-11(13)14/h3-6,12H,2,7-8H2,1H3. The maximum Gasteiger partial charge on any atom is 0.424 e. The molecule has 1 heterocycles. The number of carbonyl (C=O) groups is 1. The van der Waals surface area contributed by atoms with Gasteiger partial charge in [-0.3, -0.25) is 4.72 Å². The molecular formula is C11H14N2O5S. The minimum absolute atomic E-state index is 0.115. The zero-order valence-corrected chi connectivity index (χ0v) is 11.1. The number of nitrogens with zero attached hydrogens (tertiary/aromatic N) is 1. The number of hydrogen-bond acceptors (Lipinski definition) is 5. The summed E-state index contributed by atoms with van der Waals surface area (Å²) in [5.74, 6) is 0.611. The molecule has 1 aliphatic rings. The molecule has 104 valence electrons. The van der Waals surface area contributed by atoms with Crippen LogP contribution in [0.3, 0.4) is 0 Å². The molecule has 1 fully saturated rings. The molecule has 2 rings (SSSR count).